The van der Waals surface area contributed by atoms with Gasteiger partial charge in [0, 0.05) is 32.1 Å². The monoisotopic (exact) mass is 476 g/mol. The Labute approximate surface area is 200 Å². The first-order valence-electron chi connectivity index (χ1n) is 12.4. The number of hydrogen-bond acceptors (Lipinski definition) is 8. The van der Waals surface area contributed by atoms with Crippen LogP contribution in [0.3, 0.4) is 0 Å². The van der Waals surface area contributed by atoms with E-state index in [1.165, 1.54) is 20.8 Å². The minimum absolute atomic E-state index is 0.0594. The fourth-order valence-electron chi connectivity index (χ4n) is 9.02. The summed E-state index contributed by atoms with van der Waals surface area (Å²) in [6.07, 6.45) is 1.28. The maximum atomic E-state index is 12.5. The van der Waals surface area contributed by atoms with Crippen LogP contribution >= 0.6 is 0 Å². The zero-order valence-electron chi connectivity index (χ0n) is 20.7. The first-order valence-corrected chi connectivity index (χ1v) is 12.4. The van der Waals surface area contributed by atoms with Gasteiger partial charge in [0.15, 0.2) is 6.10 Å². The number of aliphatic hydroxyl groups is 1. The second-order valence-corrected chi connectivity index (χ2v) is 11.9. The molecule has 0 aromatic rings. The molecule has 4 bridgehead atoms. The normalized spacial score (nSPS) is 47.9. The lowest BCUT2D eigenvalue weighted by Gasteiger charge is -2.75. The molecule has 0 aromatic heterocycles. The van der Waals surface area contributed by atoms with Crippen LogP contribution in [-0.4, -0.2) is 53.7 Å². The highest BCUT2D eigenvalue weighted by Crippen LogP contribution is 2.78. The molecule has 1 N–H and O–H groups in total. The molecule has 4 saturated carbocycles. The van der Waals surface area contributed by atoms with E-state index in [1.807, 2.05) is 0 Å². The maximum Gasteiger partial charge on any atom is 0.303 e. The molecular weight excluding hydrogens is 440 g/mol. The molecular formula is C26H36O8. The summed E-state index contributed by atoms with van der Waals surface area (Å²) in [5, 5.41) is 12.5. The van der Waals surface area contributed by atoms with Crippen LogP contribution in [0.4, 0.5) is 0 Å². The summed E-state index contributed by atoms with van der Waals surface area (Å²) in [6, 6.07) is 0. The lowest BCUT2D eigenvalue weighted by atomic mass is 9.36. The molecule has 6 rings (SSSR count). The van der Waals surface area contributed by atoms with Crippen molar-refractivity contribution in [2.24, 2.45) is 34.0 Å². The standard InChI is InChI=1S/C26H36O8/c1-13-17-7-8-18-24-12-31-26(30,25(18,11-17)21(13)33-15(3)28)22(34-16(4)29)20(24)23(5,6)10-9-19(24)32-14(2)27/h17-22,30H,1,7-12H2,2-6H3/t17-,18+,19?,20-,21-,22+,24-,25+,26-/m1/s1. The van der Waals surface area contributed by atoms with Crippen LogP contribution in [0.2, 0.25) is 0 Å². The third-order valence-electron chi connectivity index (χ3n) is 9.84. The van der Waals surface area contributed by atoms with Crippen LogP contribution in [-0.2, 0) is 33.3 Å². The first-order chi connectivity index (χ1) is 15.8. The third kappa shape index (κ3) is 2.75. The highest BCUT2D eigenvalue weighted by molar-refractivity contribution is 5.68. The van der Waals surface area contributed by atoms with Crippen molar-refractivity contribution in [2.75, 3.05) is 6.61 Å². The minimum Gasteiger partial charge on any atom is -0.462 e. The highest BCUT2D eigenvalue weighted by atomic mass is 16.7. The van der Waals surface area contributed by atoms with Crippen molar-refractivity contribution >= 4 is 17.9 Å². The summed E-state index contributed by atoms with van der Waals surface area (Å²) in [7, 11) is 0. The van der Waals surface area contributed by atoms with Crippen LogP contribution in [0, 0.1) is 34.0 Å². The van der Waals surface area contributed by atoms with E-state index in [0.717, 1.165) is 24.8 Å². The largest absolute Gasteiger partial charge is 0.462 e. The van der Waals surface area contributed by atoms with Gasteiger partial charge in [-0.15, -0.1) is 0 Å². The second-order valence-electron chi connectivity index (χ2n) is 11.9. The average Bonchev–Trinajstić information content (AvgIpc) is 2.92. The fourth-order valence-corrected chi connectivity index (χ4v) is 9.02. The summed E-state index contributed by atoms with van der Waals surface area (Å²) in [5.41, 5.74) is -1.29. The molecule has 8 nitrogen and oxygen atoms in total. The molecule has 8 heteroatoms. The van der Waals surface area contributed by atoms with E-state index in [0.29, 0.717) is 12.8 Å². The molecule has 4 aliphatic carbocycles. The van der Waals surface area contributed by atoms with Crippen LogP contribution in [0.15, 0.2) is 12.2 Å². The topological polar surface area (TPSA) is 108 Å². The highest BCUT2D eigenvalue weighted by Gasteiger charge is 2.86. The Morgan fingerprint density at radius 2 is 1.65 bits per heavy atom. The van der Waals surface area contributed by atoms with Crippen LogP contribution in [0.1, 0.15) is 66.7 Å². The number of fused-ring (bicyclic) bond motifs is 2. The Morgan fingerprint density at radius 3 is 2.26 bits per heavy atom. The zero-order valence-corrected chi connectivity index (χ0v) is 20.7. The number of ether oxygens (including phenoxy) is 4. The Morgan fingerprint density at radius 1 is 1.00 bits per heavy atom. The molecule has 6 fully saturated rings. The van der Waals surface area contributed by atoms with E-state index in [1.54, 1.807) is 0 Å². The molecule has 2 aliphatic heterocycles. The summed E-state index contributed by atoms with van der Waals surface area (Å²) >= 11 is 0. The first kappa shape index (κ1) is 23.8. The zero-order chi connectivity index (χ0) is 24.8. The maximum absolute atomic E-state index is 12.5. The van der Waals surface area contributed by atoms with Crippen LogP contribution in [0.25, 0.3) is 0 Å². The molecule has 0 aromatic carbocycles. The molecule has 34 heavy (non-hydrogen) atoms. The summed E-state index contributed by atoms with van der Waals surface area (Å²) in [6.45, 7) is 12.8. The van der Waals surface area contributed by atoms with Crippen molar-refractivity contribution in [1.29, 1.82) is 0 Å². The predicted molar refractivity (Wildman–Crippen MR) is 119 cm³/mol. The van der Waals surface area contributed by atoms with Gasteiger partial charge in [0.05, 0.1) is 12.0 Å². The summed E-state index contributed by atoms with van der Waals surface area (Å²) in [5.74, 6) is -3.62. The van der Waals surface area contributed by atoms with Crippen molar-refractivity contribution in [1.82, 2.24) is 0 Å². The molecule has 2 saturated heterocycles. The van der Waals surface area contributed by atoms with Gasteiger partial charge >= 0.3 is 17.9 Å². The van der Waals surface area contributed by atoms with Gasteiger partial charge in [-0.25, -0.2) is 0 Å². The molecule has 6 aliphatic rings. The minimum atomic E-state index is -1.86. The third-order valence-corrected chi connectivity index (χ3v) is 9.84. The van der Waals surface area contributed by atoms with Crippen molar-refractivity contribution in [3.8, 4) is 0 Å². The van der Waals surface area contributed by atoms with E-state index in [4.69, 9.17) is 18.9 Å². The van der Waals surface area contributed by atoms with Crippen molar-refractivity contribution < 1.29 is 38.4 Å². The second kappa shape index (κ2) is 7.29. The molecule has 1 unspecified atom stereocenters. The SMILES string of the molecule is C=C1[C@@H]2CC[C@H]3[C@@]45CO[C@](O)([C@@H](OC(C)=O)[C@@H]4C(C)(C)CCC5OC(C)=O)[C@]3(C2)[C@@H]1OC(C)=O. The van der Waals surface area contributed by atoms with E-state index >= 15 is 0 Å². The number of carbonyl (C=O) groups excluding carboxylic acids is 3. The van der Waals surface area contributed by atoms with Crippen molar-refractivity contribution in [3.63, 3.8) is 0 Å². The van der Waals surface area contributed by atoms with Crippen molar-refractivity contribution in [2.45, 2.75) is 90.8 Å². The van der Waals surface area contributed by atoms with Gasteiger partial charge in [-0.1, -0.05) is 20.4 Å². The molecule has 2 heterocycles. The molecule has 188 valence electrons. The Kier molecular flexibility index (Phi) is 5.10. The quantitative estimate of drug-likeness (QED) is 0.376. The number of hydrogen-bond donors (Lipinski definition) is 1. The van der Waals surface area contributed by atoms with E-state index < -0.39 is 46.9 Å². The van der Waals surface area contributed by atoms with Gasteiger partial charge in [0.25, 0.3) is 0 Å². The van der Waals surface area contributed by atoms with Crippen molar-refractivity contribution in [3.05, 3.63) is 12.2 Å². The Bertz CT molecular complexity index is 956. The van der Waals surface area contributed by atoms with Gasteiger partial charge in [-0.05, 0) is 54.9 Å². The lowest BCUT2D eigenvalue weighted by Crippen LogP contribution is -2.84. The number of carbonyl (C=O) groups is 3. The van der Waals surface area contributed by atoms with Gasteiger partial charge in [-0.3, -0.25) is 14.4 Å². The smallest absolute Gasteiger partial charge is 0.303 e. The summed E-state index contributed by atoms with van der Waals surface area (Å²) < 4.78 is 24.2. The molecule has 0 amide bonds. The summed E-state index contributed by atoms with van der Waals surface area (Å²) in [4.78, 5) is 36.9. The Hall–Kier alpha value is -1.93. The lowest BCUT2D eigenvalue weighted by molar-refractivity contribution is -0.465. The van der Waals surface area contributed by atoms with E-state index in [9.17, 15) is 19.5 Å². The van der Waals surface area contributed by atoms with Gasteiger partial charge in [-0.2, -0.15) is 0 Å². The van der Waals surface area contributed by atoms with E-state index in [-0.39, 0.29) is 35.7 Å². The number of rotatable bonds is 3. The van der Waals surface area contributed by atoms with Gasteiger partial charge in [0.1, 0.15) is 12.2 Å². The molecule has 2 spiro atoms. The molecule has 9 atom stereocenters. The predicted octanol–water partition coefficient (Wildman–Crippen LogP) is 2.91. The van der Waals surface area contributed by atoms with Crippen LogP contribution < -0.4 is 0 Å². The molecule has 0 radical (unpaired) electrons. The van der Waals surface area contributed by atoms with Gasteiger partial charge in [0.2, 0.25) is 5.79 Å². The van der Waals surface area contributed by atoms with Crippen LogP contribution in [0.5, 0.6) is 0 Å². The fraction of sp³-hybridized carbons (Fsp3) is 0.808. The van der Waals surface area contributed by atoms with Gasteiger partial charge < -0.3 is 24.1 Å². The number of esters is 3. The average molecular weight is 477 g/mol. The Balaban J connectivity index is 1.78. The van der Waals surface area contributed by atoms with E-state index in [2.05, 4.69) is 20.4 Å².